The van der Waals surface area contributed by atoms with Gasteiger partial charge in [0, 0.05) is 32.9 Å². The molecule has 2 saturated heterocycles. The highest BCUT2D eigenvalue weighted by Crippen LogP contribution is 2.23. The minimum atomic E-state index is -0.181. The predicted molar refractivity (Wildman–Crippen MR) is 85.2 cm³/mol. The molecule has 3 heterocycles. The molecule has 1 aromatic heterocycles. The van der Waals surface area contributed by atoms with E-state index in [1.165, 1.54) is 12.8 Å². The minimum Gasteiger partial charge on any atom is -0.384 e. The highest BCUT2D eigenvalue weighted by atomic mass is 16.5. The zero-order chi connectivity index (χ0) is 16.1. The Hall–Kier alpha value is -1.73. The summed E-state index contributed by atoms with van der Waals surface area (Å²) in [4.78, 5) is 25.2. The number of hydrogen-bond acceptors (Lipinski definition) is 6. The Kier molecular flexibility index (Phi) is 5.40. The molecule has 0 spiro atoms. The van der Waals surface area contributed by atoms with Crippen molar-refractivity contribution in [2.45, 2.75) is 25.4 Å². The van der Waals surface area contributed by atoms with Gasteiger partial charge in [-0.25, -0.2) is 9.97 Å². The lowest BCUT2D eigenvalue weighted by Gasteiger charge is -2.33. The van der Waals surface area contributed by atoms with Crippen molar-refractivity contribution >= 4 is 11.9 Å². The molecule has 2 fully saturated rings. The van der Waals surface area contributed by atoms with Crippen LogP contribution in [0.5, 0.6) is 0 Å². The van der Waals surface area contributed by atoms with E-state index in [0.29, 0.717) is 32.7 Å². The van der Waals surface area contributed by atoms with Crippen LogP contribution in [0.3, 0.4) is 0 Å². The third kappa shape index (κ3) is 3.97. The summed E-state index contributed by atoms with van der Waals surface area (Å²) in [6.07, 6.45) is 4.39. The number of carbonyl (C=O) groups is 1. The molecule has 0 radical (unpaired) electrons. The Morgan fingerprint density at radius 1 is 1.39 bits per heavy atom. The van der Waals surface area contributed by atoms with Gasteiger partial charge in [0.15, 0.2) is 0 Å². The summed E-state index contributed by atoms with van der Waals surface area (Å²) >= 11 is 0. The van der Waals surface area contributed by atoms with Gasteiger partial charge in [0.1, 0.15) is 6.10 Å². The van der Waals surface area contributed by atoms with Crippen LogP contribution < -0.4 is 4.90 Å². The first kappa shape index (κ1) is 16.1. The van der Waals surface area contributed by atoms with Gasteiger partial charge in [0.2, 0.25) is 11.9 Å². The average molecular weight is 320 g/mol. The van der Waals surface area contributed by atoms with Crippen LogP contribution in [0, 0.1) is 0 Å². The molecule has 0 aliphatic carbocycles. The smallest absolute Gasteiger partial charge is 0.225 e. The maximum atomic E-state index is 12.2. The molecular formula is C16H24N4O3. The summed E-state index contributed by atoms with van der Waals surface area (Å²) in [5, 5.41) is 0. The van der Waals surface area contributed by atoms with Crippen molar-refractivity contribution in [1.82, 2.24) is 14.9 Å². The first-order valence-corrected chi connectivity index (χ1v) is 8.24. The first-order chi connectivity index (χ1) is 11.3. The van der Waals surface area contributed by atoms with Crippen LogP contribution in [0.1, 0.15) is 31.1 Å². The lowest BCUT2D eigenvalue weighted by molar-refractivity contribution is -0.140. The molecule has 1 unspecified atom stereocenters. The van der Waals surface area contributed by atoms with Crippen LogP contribution in [0.25, 0.3) is 0 Å². The quantitative estimate of drug-likeness (QED) is 0.807. The Bertz CT molecular complexity index is 534. The molecule has 23 heavy (non-hydrogen) atoms. The molecule has 126 valence electrons. The van der Waals surface area contributed by atoms with Gasteiger partial charge in [-0.2, -0.15) is 0 Å². The lowest BCUT2D eigenvalue weighted by atomic mass is 10.2. The predicted octanol–water partition coefficient (Wildman–Crippen LogP) is 1.01. The standard InChI is InChI=1S/C16H24N4O3/c1-22-10-5-15(21)20-9-11-23-14(12-20)13-4-6-17-16(18-13)19-7-2-3-8-19/h4,6,14H,2-3,5,7-12H2,1H3. The van der Waals surface area contributed by atoms with E-state index >= 15 is 0 Å². The number of morpholine rings is 1. The lowest BCUT2D eigenvalue weighted by Crippen LogP contribution is -2.42. The van der Waals surface area contributed by atoms with Crippen LogP contribution in [0.4, 0.5) is 5.95 Å². The monoisotopic (exact) mass is 320 g/mol. The van der Waals surface area contributed by atoms with Crippen molar-refractivity contribution in [2.75, 3.05) is 51.4 Å². The molecule has 0 N–H and O–H groups in total. The normalized spacial score (nSPS) is 21.7. The molecule has 1 aromatic rings. The molecule has 1 atom stereocenters. The number of aromatic nitrogens is 2. The largest absolute Gasteiger partial charge is 0.384 e. The topological polar surface area (TPSA) is 67.8 Å². The zero-order valence-corrected chi connectivity index (χ0v) is 13.6. The van der Waals surface area contributed by atoms with Crippen molar-refractivity contribution in [3.63, 3.8) is 0 Å². The number of anilines is 1. The fraction of sp³-hybridized carbons (Fsp3) is 0.688. The van der Waals surface area contributed by atoms with Crippen molar-refractivity contribution < 1.29 is 14.3 Å². The van der Waals surface area contributed by atoms with Gasteiger partial charge in [-0.15, -0.1) is 0 Å². The summed E-state index contributed by atoms with van der Waals surface area (Å²) in [5.41, 5.74) is 0.853. The van der Waals surface area contributed by atoms with E-state index < -0.39 is 0 Å². The summed E-state index contributed by atoms with van der Waals surface area (Å²) < 4.78 is 10.8. The highest BCUT2D eigenvalue weighted by molar-refractivity contribution is 5.76. The van der Waals surface area contributed by atoms with Crippen LogP contribution in [-0.2, 0) is 14.3 Å². The molecule has 3 rings (SSSR count). The van der Waals surface area contributed by atoms with Crippen LogP contribution in [0.15, 0.2) is 12.3 Å². The second kappa shape index (κ2) is 7.70. The first-order valence-electron chi connectivity index (χ1n) is 8.24. The molecular weight excluding hydrogens is 296 g/mol. The van der Waals surface area contributed by atoms with E-state index in [1.54, 1.807) is 13.3 Å². The number of nitrogens with zero attached hydrogens (tertiary/aromatic N) is 4. The van der Waals surface area contributed by atoms with Crippen molar-refractivity contribution in [2.24, 2.45) is 0 Å². The van der Waals surface area contributed by atoms with Gasteiger partial charge < -0.3 is 19.3 Å². The molecule has 1 amide bonds. The van der Waals surface area contributed by atoms with Gasteiger partial charge in [-0.1, -0.05) is 0 Å². The molecule has 7 heteroatoms. The number of methoxy groups -OCH3 is 1. The van der Waals surface area contributed by atoms with E-state index in [0.717, 1.165) is 24.7 Å². The van der Waals surface area contributed by atoms with E-state index in [-0.39, 0.29) is 12.0 Å². The Labute approximate surface area is 136 Å². The maximum absolute atomic E-state index is 12.2. The Balaban J connectivity index is 1.66. The number of amides is 1. The van der Waals surface area contributed by atoms with Crippen molar-refractivity contribution in [3.8, 4) is 0 Å². The molecule has 0 aromatic carbocycles. The third-order valence-electron chi connectivity index (χ3n) is 4.32. The third-order valence-corrected chi connectivity index (χ3v) is 4.32. The highest BCUT2D eigenvalue weighted by Gasteiger charge is 2.27. The van der Waals surface area contributed by atoms with Gasteiger partial charge in [-0.05, 0) is 18.9 Å². The second-order valence-corrected chi connectivity index (χ2v) is 5.92. The molecule has 0 bridgehead atoms. The minimum absolute atomic E-state index is 0.106. The summed E-state index contributed by atoms with van der Waals surface area (Å²) in [7, 11) is 1.61. The van der Waals surface area contributed by atoms with E-state index in [4.69, 9.17) is 9.47 Å². The van der Waals surface area contributed by atoms with Crippen molar-refractivity contribution in [3.05, 3.63) is 18.0 Å². The molecule has 7 nitrogen and oxygen atoms in total. The Morgan fingerprint density at radius 2 is 2.22 bits per heavy atom. The second-order valence-electron chi connectivity index (χ2n) is 5.92. The van der Waals surface area contributed by atoms with E-state index in [1.807, 2.05) is 11.0 Å². The van der Waals surface area contributed by atoms with E-state index in [2.05, 4.69) is 14.9 Å². The number of carbonyl (C=O) groups excluding carboxylic acids is 1. The zero-order valence-electron chi connectivity index (χ0n) is 13.6. The summed E-state index contributed by atoms with van der Waals surface area (Å²) in [6, 6.07) is 1.88. The number of ether oxygens (including phenoxy) is 2. The van der Waals surface area contributed by atoms with Gasteiger partial charge in [0.25, 0.3) is 0 Å². The summed E-state index contributed by atoms with van der Waals surface area (Å²) in [6.45, 7) is 4.18. The Morgan fingerprint density at radius 3 is 3.00 bits per heavy atom. The van der Waals surface area contributed by atoms with Gasteiger partial charge >= 0.3 is 0 Å². The fourth-order valence-electron chi connectivity index (χ4n) is 3.01. The maximum Gasteiger partial charge on any atom is 0.225 e. The van der Waals surface area contributed by atoms with Crippen LogP contribution >= 0.6 is 0 Å². The van der Waals surface area contributed by atoms with Gasteiger partial charge in [0.05, 0.1) is 31.9 Å². The molecule has 2 aliphatic rings. The molecule has 2 aliphatic heterocycles. The van der Waals surface area contributed by atoms with Gasteiger partial charge in [-0.3, -0.25) is 4.79 Å². The number of hydrogen-bond donors (Lipinski definition) is 0. The SMILES string of the molecule is COCCC(=O)N1CCOC(c2ccnc(N3CCCC3)n2)C1. The van der Waals surface area contributed by atoms with Crippen LogP contribution in [0.2, 0.25) is 0 Å². The molecule has 0 saturated carbocycles. The summed E-state index contributed by atoms with van der Waals surface area (Å²) in [5.74, 6) is 0.875. The van der Waals surface area contributed by atoms with E-state index in [9.17, 15) is 4.79 Å². The average Bonchev–Trinajstić information content (AvgIpc) is 3.14. The van der Waals surface area contributed by atoms with Crippen molar-refractivity contribution in [1.29, 1.82) is 0 Å². The van der Waals surface area contributed by atoms with Crippen LogP contribution in [-0.4, -0.2) is 67.3 Å². The number of rotatable bonds is 5. The fourth-order valence-corrected chi connectivity index (χ4v) is 3.01.